The Morgan fingerprint density at radius 1 is 1.06 bits per heavy atom. The molecule has 1 atom stereocenters. The van der Waals surface area contributed by atoms with Crippen molar-refractivity contribution in [1.82, 2.24) is 10.2 Å². The van der Waals surface area contributed by atoms with E-state index in [4.69, 9.17) is 4.74 Å². The quantitative estimate of drug-likeness (QED) is 0.713. The van der Waals surface area contributed by atoms with Crippen molar-refractivity contribution in [3.8, 4) is 0 Å². The number of aryl methyl sites for hydroxylation is 1. The number of methoxy groups -OCH3 is 1. The highest BCUT2D eigenvalue weighted by Crippen LogP contribution is 2.50. The maximum atomic E-state index is 13.5. The molecule has 2 aromatic carbocycles. The number of carbonyl (C=O) groups excluding carboxylic acids is 2. The van der Waals surface area contributed by atoms with Crippen molar-refractivity contribution in [2.75, 3.05) is 32.1 Å². The van der Waals surface area contributed by atoms with Gasteiger partial charge in [0.1, 0.15) is 0 Å². The zero-order valence-corrected chi connectivity index (χ0v) is 18.3. The Balaban J connectivity index is 1.46. The fraction of sp³-hybridized carbons (Fsp3) is 0.440. The molecule has 1 aliphatic carbocycles. The first-order chi connectivity index (χ1) is 15.0. The number of nitrogens with zero attached hydrogens (tertiary/aromatic N) is 1. The lowest BCUT2D eigenvalue weighted by Gasteiger charge is -2.31. The lowest BCUT2D eigenvalue weighted by atomic mass is 9.93. The van der Waals surface area contributed by atoms with Crippen molar-refractivity contribution in [1.29, 1.82) is 0 Å². The van der Waals surface area contributed by atoms with Crippen molar-refractivity contribution in [3.05, 3.63) is 65.7 Å². The maximum Gasteiger partial charge on any atom is 0.319 e. The summed E-state index contributed by atoms with van der Waals surface area (Å²) < 4.78 is 5.31. The Bertz CT molecular complexity index is 942. The van der Waals surface area contributed by atoms with Gasteiger partial charge >= 0.3 is 6.03 Å². The van der Waals surface area contributed by atoms with Crippen LogP contribution < -0.4 is 10.6 Å². The second kappa shape index (κ2) is 8.71. The Kier molecular flexibility index (Phi) is 6.01. The highest BCUT2D eigenvalue weighted by molar-refractivity contribution is 5.92. The minimum absolute atomic E-state index is 0.180. The van der Waals surface area contributed by atoms with Crippen LogP contribution in [-0.2, 0) is 14.9 Å². The first-order valence-electron chi connectivity index (χ1n) is 11.0. The second-order valence-electron chi connectivity index (χ2n) is 8.90. The molecule has 0 bridgehead atoms. The number of anilines is 1. The summed E-state index contributed by atoms with van der Waals surface area (Å²) in [7, 11) is 1.66. The molecular formula is C25H31N3O3. The van der Waals surface area contributed by atoms with Crippen molar-refractivity contribution in [3.63, 3.8) is 0 Å². The van der Waals surface area contributed by atoms with E-state index in [1.807, 2.05) is 66.4 Å². The van der Waals surface area contributed by atoms with Crippen molar-refractivity contribution in [2.24, 2.45) is 0 Å². The number of ether oxygens (including phenoxy) is 1. The molecule has 1 saturated heterocycles. The molecular weight excluding hydrogens is 390 g/mol. The number of hydrogen-bond acceptors (Lipinski definition) is 3. The van der Waals surface area contributed by atoms with Gasteiger partial charge in [-0.15, -0.1) is 0 Å². The molecule has 6 nitrogen and oxygen atoms in total. The Morgan fingerprint density at radius 2 is 1.84 bits per heavy atom. The molecule has 0 radical (unpaired) electrons. The van der Waals surface area contributed by atoms with Crippen LogP contribution in [0.25, 0.3) is 0 Å². The highest BCUT2D eigenvalue weighted by Gasteiger charge is 2.55. The predicted molar refractivity (Wildman–Crippen MR) is 121 cm³/mol. The largest absolute Gasteiger partial charge is 0.385 e. The van der Waals surface area contributed by atoms with E-state index in [1.165, 1.54) is 0 Å². The standard InChI is InChI=1S/C25H31N3O3/c1-19-7-6-10-21(17-19)26-23(30)27-24(14-16-31-2)13-15-28(18-24)22(29)25(11-12-25)20-8-4-3-5-9-20/h3-10,17H,11-16,18H2,1-2H3,(H2,26,27,30). The molecule has 4 rings (SSSR count). The summed E-state index contributed by atoms with van der Waals surface area (Å²) in [5.41, 5.74) is 2.06. The van der Waals surface area contributed by atoms with Gasteiger partial charge in [0.25, 0.3) is 0 Å². The lowest BCUT2D eigenvalue weighted by molar-refractivity contribution is -0.133. The summed E-state index contributed by atoms with van der Waals surface area (Å²) in [6.07, 6.45) is 3.15. The molecule has 164 valence electrons. The van der Waals surface area contributed by atoms with Gasteiger partial charge in [0.15, 0.2) is 0 Å². The third-order valence-electron chi connectivity index (χ3n) is 6.57. The van der Waals surface area contributed by atoms with Crippen LogP contribution in [0.15, 0.2) is 54.6 Å². The van der Waals surface area contributed by atoms with Gasteiger partial charge in [0, 0.05) is 32.5 Å². The van der Waals surface area contributed by atoms with Gasteiger partial charge in [-0.1, -0.05) is 42.5 Å². The van der Waals surface area contributed by atoms with E-state index < -0.39 is 5.54 Å². The van der Waals surface area contributed by atoms with Crippen molar-refractivity contribution >= 4 is 17.6 Å². The molecule has 1 heterocycles. The van der Waals surface area contributed by atoms with Crippen LogP contribution >= 0.6 is 0 Å². The van der Waals surface area contributed by atoms with Crippen molar-refractivity contribution in [2.45, 2.75) is 43.6 Å². The predicted octanol–water partition coefficient (Wildman–Crippen LogP) is 3.86. The van der Waals surface area contributed by atoms with Gasteiger partial charge in [-0.05, 0) is 55.9 Å². The first kappa shape index (κ1) is 21.4. The lowest BCUT2D eigenvalue weighted by Crippen LogP contribution is -2.53. The molecule has 31 heavy (non-hydrogen) atoms. The number of benzene rings is 2. The van der Waals surface area contributed by atoms with E-state index in [0.29, 0.717) is 32.5 Å². The van der Waals surface area contributed by atoms with Crippen LogP contribution in [-0.4, -0.2) is 49.2 Å². The third-order valence-corrected chi connectivity index (χ3v) is 6.57. The summed E-state index contributed by atoms with van der Waals surface area (Å²) in [6.45, 7) is 3.66. The molecule has 3 amide bonds. The molecule has 2 fully saturated rings. The fourth-order valence-electron chi connectivity index (χ4n) is 4.65. The van der Waals surface area contributed by atoms with Gasteiger partial charge < -0.3 is 20.3 Å². The molecule has 1 aliphatic heterocycles. The summed E-state index contributed by atoms with van der Waals surface area (Å²) >= 11 is 0. The molecule has 2 aliphatic rings. The normalized spacial score (nSPS) is 21.5. The van der Waals surface area contributed by atoms with Crippen LogP contribution in [0.1, 0.15) is 36.8 Å². The number of carbonyl (C=O) groups is 2. The third kappa shape index (κ3) is 4.59. The average molecular weight is 422 g/mol. The second-order valence-corrected chi connectivity index (χ2v) is 8.90. The number of urea groups is 1. The van der Waals surface area contributed by atoms with E-state index in [0.717, 1.165) is 29.7 Å². The fourth-order valence-corrected chi connectivity index (χ4v) is 4.65. The van der Waals surface area contributed by atoms with E-state index in [2.05, 4.69) is 10.6 Å². The van der Waals surface area contributed by atoms with Crippen LogP contribution in [0.3, 0.4) is 0 Å². The van der Waals surface area contributed by atoms with E-state index in [1.54, 1.807) is 7.11 Å². The summed E-state index contributed by atoms with van der Waals surface area (Å²) in [5.74, 6) is 0.180. The van der Waals surface area contributed by atoms with Gasteiger partial charge in [0.05, 0.1) is 11.0 Å². The molecule has 2 N–H and O–H groups in total. The topological polar surface area (TPSA) is 70.7 Å². The summed E-state index contributed by atoms with van der Waals surface area (Å²) in [6, 6.07) is 17.5. The van der Waals surface area contributed by atoms with Gasteiger partial charge in [0.2, 0.25) is 5.91 Å². The molecule has 0 aromatic heterocycles. The highest BCUT2D eigenvalue weighted by atomic mass is 16.5. The zero-order valence-electron chi connectivity index (χ0n) is 18.3. The van der Waals surface area contributed by atoms with E-state index in [-0.39, 0.29) is 17.4 Å². The van der Waals surface area contributed by atoms with E-state index >= 15 is 0 Å². The number of likely N-dealkylation sites (tertiary alicyclic amines) is 1. The van der Waals surface area contributed by atoms with Gasteiger partial charge in [-0.3, -0.25) is 4.79 Å². The molecule has 0 spiro atoms. The number of hydrogen-bond donors (Lipinski definition) is 2. The van der Waals surface area contributed by atoms with Crippen LogP contribution in [0, 0.1) is 6.92 Å². The smallest absolute Gasteiger partial charge is 0.319 e. The first-order valence-corrected chi connectivity index (χ1v) is 11.0. The molecule has 6 heteroatoms. The van der Waals surface area contributed by atoms with Crippen LogP contribution in [0.2, 0.25) is 0 Å². The van der Waals surface area contributed by atoms with Crippen LogP contribution in [0.5, 0.6) is 0 Å². The van der Waals surface area contributed by atoms with Gasteiger partial charge in [-0.25, -0.2) is 4.79 Å². The Morgan fingerprint density at radius 3 is 2.52 bits per heavy atom. The summed E-state index contributed by atoms with van der Waals surface area (Å²) in [4.78, 5) is 28.2. The number of nitrogens with one attached hydrogen (secondary N) is 2. The zero-order chi connectivity index (χ0) is 21.9. The molecule has 1 unspecified atom stereocenters. The maximum absolute atomic E-state index is 13.5. The Labute approximate surface area is 184 Å². The summed E-state index contributed by atoms with van der Waals surface area (Å²) in [5, 5.41) is 6.10. The Hall–Kier alpha value is -2.86. The monoisotopic (exact) mass is 421 g/mol. The number of rotatable bonds is 7. The minimum atomic E-state index is -0.494. The minimum Gasteiger partial charge on any atom is -0.385 e. The number of amides is 3. The average Bonchev–Trinajstić information content (AvgIpc) is 3.48. The molecule has 1 saturated carbocycles. The van der Waals surface area contributed by atoms with Crippen molar-refractivity contribution < 1.29 is 14.3 Å². The molecule has 2 aromatic rings. The van der Waals surface area contributed by atoms with E-state index in [9.17, 15) is 9.59 Å². The van der Waals surface area contributed by atoms with Gasteiger partial charge in [-0.2, -0.15) is 0 Å². The SMILES string of the molecule is COCCC1(NC(=O)Nc2cccc(C)c2)CCN(C(=O)C2(c3ccccc3)CC2)C1. The van der Waals surface area contributed by atoms with Crippen LogP contribution in [0.4, 0.5) is 10.5 Å².